The predicted molar refractivity (Wildman–Crippen MR) is 61.8 cm³/mol. The van der Waals surface area contributed by atoms with Gasteiger partial charge in [0.15, 0.2) is 4.96 Å². The van der Waals surface area contributed by atoms with Crippen LogP contribution in [0, 0.1) is 0 Å². The standard InChI is InChI=1S/C12H14N2S/c1-7-5-6-9-11(7)13-12-14(9)8-3-2-4-10(8)15-12/h7H,2-6H2,1H3. The quantitative estimate of drug-likeness (QED) is 0.664. The molecule has 15 heavy (non-hydrogen) atoms. The van der Waals surface area contributed by atoms with Gasteiger partial charge in [-0.2, -0.15) is 0 Å². The SMILES string of the molecule is CC1CCc2c1nc1sc3c(n21)CCC3. The summed E-state index contributed by atoms with van der Waals surface area (Å²) in [5.74, 6) is 0.684. The monoisotopic (exact) mass is 218 g/mol. The second-order valence-corrected chi connectivity index (χ2v) is 5.89. The Morgan fingerprint density at radius 1 is 1.27 bits per heavy atom. The van der Waals surface area contributed by atoms with Gasteiger partial charge in [0, 0.05) is 22.2 Å². The molecule has 3 heteroatoms. The normalized spacial score (nSPS) is 23.7. The molecular weight excluding hydrogens is 204 g/mol. The number of nitrogens with zero attached hydrogens (tertiary/aromatic N) is 2. The van der Waals surface area contributed by atoms with Crippen LogP contribution in [0.3, 0.4) is 0 Å². The Labute approximate surface area is 93.0 Å². The van der Waals surface area contributed by atoms with Crippen molar-refractivity contribution in [3.63, 3.8) is 0 Å². The van der Waals surface area contributed by atoms with E-state index in [4.69, 9.17) is 4.98 Å². The van der Waals surface area contributed by atoms with E-state index in [0.717, 1.165) is 0 Å². The average Bonchev–Trinajstić information content (AvgIpc) is 2.85. The molecule has 78 valence electrons. The topological polar surface area (TPSA) is 17.3 Å². The molecule has 0 saturated heterocycles. The van der Waals surface area contributed by atoms with Gasteiger partial charge in [0.25, 0.3) is 0 Å². The van der Waals surface area contributed by atoms with E-state index in [9.17, 15) is 0 Å². The number of imidazole rings is 1. The molecule has 4 rings (SSSR count). The molecule has 0 amide bonds. The van der Waals surface area contributed by atoms with Crippen LogP contribution in [0.2, 0.25) is 0 Å². The number of hydrogen-bond acceptors (Lipinski definition) is 2. The Balaban J connectivity index is 2.08. The van der Waals surface area contributed by atoms with Crippen molar-refractivity contribution in [3.8, 4) is 0 Å². The van der Waals surface area contributed by atoms with Crippen molar-refractivity contribution in [1.82, 2.24) is 9.38 Å². The van der Waals surface area contributed by atoms with Gasteiger partial charge in [-0.1, -0.05) is 6.92 Å². The molecule has 0 bridgehead atoms. The number of rotatable bonds is 0. The number of thiazole rings is 1. The van der Waals surface area contributed by atoms with Gasteiger partial charge in [0.05, 0.1) is 5.69 Å². The van der Waals surface area contributed by atoms with Gasteiger partial charge >= 0.3 is 0 Å². The first-order valence-corrected chi connectivity index (χ1v) is 6.68. The fraction of sp³-hybridized carbons (Fsp3) is 0.583. The highest BCUT2D eigenvalue weighted by atomic mass is 32.1. The van der Waals surface area contributed by atoms with Crippen LogP contribution in [-0.2, 0) is 19.3 Å². The zero-order chi connectivity index (χ0) is 9.99. The van der Waals surface area contributed by atoms with Crippen molar-refractivity contribution in [2.24, 2.45) is 0 Å². The molecule has 0 spiro atoms. The number of aryl methyl sites for hydroxylation is 3. The van der Waals surface area contributed by atoms with Crippen molar-refractivity contribution in [2.45, 2.75) is 44.9 Å². The van der Waals surface area contributed by atoms with E-state index in [1.165, 1.54) is 48.5 Å². The molecule has 2 aliphatic carbocycles. The largest absolute Gasteiger partial charge is 0.291 e. The second-order valence-electron chi connectivity index (χ2n) is 4.83. The van der Waals surface area contributed by atoms with E-state index in [0.29, 0.717) is 5.92 Å². The Morgan fingerprint density at radius 2 is 2.20 bits per heavy atom. The van der Waals surface area contributed by atoms with Crippen molar-refractivity contribution in [1.29, 1.82) is 0 Å². The molecule has 0 fully saturated rings. The first-order chi connectivity index (χ1) is 7.34. The molecule has 2 aliphatic rings. The predicted octanol–water partition coefficient (Wildman–Crippen LogP) is 2.93. The van der Waals surface area contributed by atoms with Crippen LogP contribution in [0.5, 0.6) is 0 Å². The van der Waals surface area contributed by atoms with Gasteiger partial charge in [0.1, 0.15) is 0 Å². The summed E-state index contributed by atoms with van der Waals surface area (Å²) in [6.07, 6.45) is 6.44. The number of fused-ring (bicyclic) bond motifs is 5. The summed E-state index contributed by atoms with van der Waals surface area (Å²) < 4.78 is 2.48. The molecule has 2 nitrogen and oxygen atoms in total. The lowest BCUT2D eigenvalue weighted by atomic mass is 10.1. The van der Waals surface area contributed by atoms with E-state index >= 15 is 0 Å². The number of hydrogen-bond donors (Lipinski definition) is 0. The lowest BCUT2D eigenvalue weighted by molar-refractivity contribution is 0.725. The summed E-state index contributed by atoms with van der Waals surface area (Å²) in [5, 5.41) is 0. The Morgan fingerprint density at radius 3 is 3.13 bits per heavy atom. The van der Waals surface area contributed by atoms with Crippen LogP contribution in [-0.4, -0.2) is 9.38 Å². The van der Waals surface area contributed by atoms with Gasteiger partial charge in [-0.05, 0) is 32.1 Å². The fourth-order valence-electron chi connectivity index (χ4n) is 3.08. The molecular formula is C12H14N2S. The first-order valence-electron chi connectivity index (χ1n) is 5.86. The first kappa shape index (κ1) is 8.34. The maximum atomic E-state index is 4.82. The highest BCUT2D eigenvalue weighted by molar-refractivity contribution is 7.17. The maximum Gasteiger partial charge on any atom is 0.194 e. The smallest absolute Gasteiger partial charge is 0.194 e. The lowest BCUT2D eigenvalue weighted by Crippen LogP contribution is -1.93. The van der Waals surface area contributed by atoms with Crippen LogP contribution < -0.4 is 0 Å². The Hall–Kier alpha value is -0.830. The van der Waals surface area contributed by atoms with E-state index in [2.05, 4.69) is 11.3 Å². The molecule has 0 aliphatic heterocycles. The highest BCUT2D eigenvalue weighted by Gasteiger charge is 2.28. The van der Waals surface area contributed by atoms with E-state index in [1.807, 2.05) is 11.3 Å². The highest BCUT2D eigenvalue weighted by Crippen LogP contribution is 2.38. The van der Waals surface area contributed by atoms with Crippen LogP contribution in [0.4, 0.5) is 0 Å². The third-order valence-corrected chi connectivity index (χ3v) is 5.02. The van der Waals surface area contributed by atoms with Gasteiger partial charge in [-0.15, -0.1) is 11.3 Å². The minimum Gasteiger partial charge on any atom is -0.291 e. The molecule has 0 saturated carbocycles. The van der Waals surface area contributed by atoms with Crippen molar-refractivity contribution in [2.75, 3.05) is 0 Å². The van der Waals surface area contributed by atoms with Gasteiger partial charge < -0.3 is 0 Å². The summed E-state index contributed by atoms with van der Waals surface area (Å²) in [5.41, 5.74) is 4.49. The van der Waals surface area contributed by atoms with Crippen molar-refractivity contribution in [3.05, 3.63) is 22.0 Å². The summed E-state index contributed by atoms with van der Waals surface area (Å²) >= 11 is 1.92. The fourth-order valence-corrected chi connectivity index (χ4v) is 4.31. The molecule has 2 aromatic heterocycles. The third kappa shape index (κ3) is 0.924. The third-order valence-electron chi connectivity index (χ3n) is 3.88. The summed E-state index contributed by atoms with van der Waals surface area (Å²) in [6.45, 7) is 2.31. The Bertz CT molecular complexity index is 549. The van der Waals surface area contributed by atoms with Crippen LogP contribution in [0.1, 0.15) is 47.6 Å². The van der Waals surface area contributed by atoms with E-state index in [-0.39, 0.29) is 0 Å². The summed E-state index contributed by atoms with van der Waals surface area (Å²) in [7, 11) is 0. The molecule has 0 aromatic carbocycles. The van der Waals surface area contributed by atoms with Crippen LogP contribution in [0.15, 0.2) is 0 Å². The zero-order valence-corrected chi connectivity index (χ0v) is 9.73. The van der Waals surface area contributed by atoms with Crippen LogP contribution in [0.25, 0.3) is 4.96 Å². The summed E-state index contributed by atoms with van der Waals surface area (Å²) in [4.78, 5) is 7.68. The second kappa shape index (κ2) is 2.64. The van der Waals surface area contributed by atoms with Gasteiger partial charge in [-0.25, -0.2) is 4.98 Å². The van der Waals surface area contributed by atoms with Gasteiger partial charge in [-0.3, -0.25) is 4.40 Å². The summed E-state index contributed by atoms with van der Waals surface area (Å²) in [6, 6.07) is 0. The van der Waals surface area contributed by atoms with Crippen LogP contribution >= 0.6 is 11.3 Å². The maximum absolute atomic E-state index is 4.82. The van der Waals surface area contributed by atoms with E-state index in [1.54, 1.807) is 10.6 Å². The van der Waals surface area contributed by atoms with Gasteiger partial charge in [0.2, 0.25) is 0 Å². The molecule has 2 heterocycles. The number of aromatic nitrogens is 2. The zero-order valence-electron chi connectivity index (χ0n) is 8.92. The lowest BCUT2D eigenvalue weighted by Gasteiger charge is -1.97. The van der Waals surface area contributed by atoms with E-state index < -0.39 is 0 Å². The van der Waals surface area contributed by atoms with Crippen molar-refractivity contribution < 1.29 is 0 Å². The minimum atomic E-state index is 0.684. The van der Waals surface area contributed by atoms with Crippen molar-refractivity contribution >= 4 is 16.3 Å². The molecule has 2 aromatic rings. The molecule has 0 radical (unpaired) electrons. The molecule has 0 N–H and O–H groups in total. The Kier molecular flexibility index (Phi) is 1.47. The molecule has 1 unspecified atom stereocenters. The average molecular weight is 218 g/mol. The minimum absolute atomic E-state index is 0.684. The molecule has 1 atom stereocenters.